The highest BCUT2D eigenvalue weighted by Gasteiger charge is 2.32. The molecule has 2 nitrogen and oxygen atoms in total. The van der Waals surface area contributed by atoms with Gasteiger partial charge in [0, 0.05) is 12.6 Å². The molecule has 0 amide bonds. The van der Waals surface area contributed by atoms with Crippen LogP contribution in [0.1, 0.15) is 46.0 Å². The average molecular weight is 211 g/mol. The Morgan fingerprint density at radius 2 is 1.93 bits per heavy atom. The Kier molecular flexibility index (Phi) is 3.68. The summed E-state index contributed by atoms with van der Waals surface area (Å²) in [5, 5.41) is 0. The third-order valence-corrected chi connectivity index (χ3v) is 4.07. The maximum Gasteiger partial charge on any atom is 0.0728 e. The number of rotatable bonds is 4. The number of hydrogen-bond acceptors (Lipinski definition) is 2. The van der Waals surface area contributed by atoms with Crippen molar-refractivity contribution in [2.75, 3.05) is 6.61 Å². The summed E-state index contributed by atoms with van der Waals surface area (Å²) >= 11 is 0. The molecule has 0 aromatic rings. The lowest BCUT2D eigenvalue weighted by Gasteiger charge is -2.35. The van der Waals surface area contributed by atoms with E-state index in [1.807, 2.05) is 0 Å². The second-order valence-corrected chi connectivity index (χ2v) is 5.80. The van der Waals surface area contributed by atoms with E-state index in [9.17, 15) is 0 Å². The lowest BCUT2D eigenvalue weighted by molar-refractivity contribution is -0.0119. The van der Waals surface area contributed by atoms with E-state index < -0.39 is 0 Å². The van der Waals surface area contributed by atoms with Crippen molar-refractivity contribution < 1.29 is 4.74 Å². The maximum atomic E-state index is 6.12. The van der Waals surface area contributed by atoms with Gasteiger partial charge in [0.1, 0.15) is 0 Å². The highest BCUT2D eigenvalue weighted by molar-refractivity contribution is 4.85. The van der Waals surface area contributed by atoms with Gasteiger partial charge < -0.3 is 10.5 Å². The first-order valence-electron chi connectivity index (χ1n) is 6.54. The normalized spacial score (nSPS) is 37.2. The van der Waals surface area contributed by atoms with Gasteiger partial charge in [-0.2, -0.15) is 0 Å². The molecule has 0 saturated heterocycles. The van der Waals surface area contributed by atoms with Crippen molar-refractivity contribution in [1.29, 1.82) is 0 Å². The highest BCUT2D eigenvalue weighted by atomic mass is 16.5. The van der Waals surface area contributed by atoms with E-state index in [4.69, 9.17) is 10.5 Å². The van der Waals surface area contributed by atoms with Gasteiger partial charge >= 0.3 is 0 Å². The Balaban J connectivity index is 1.78. The molecule has 2 heteroatoms. The standard InChI is InChI=1S/C13H25NO/c1-9(2)11-5-6-12(14)13(7-11)15-8-10-3-4-10/h9-13H,3-8,14H2,1-2H3. The summed E-state index contributed by atoms with van der Waals surface area (Å²) < 4.78 is 5.97. The first-order valence-corrected chi connectivity index (χ1v) is 6.54. The van der Waals surface area contributed by atoms with Crippen LogP contribution < -0.4 is 5.73 Å². The van der Waals surface area contributed by atoms with Gasteiger partial charge in [-0.1, -0.05) is 13.8 Å². The fraction of sp³-hybridized carbons (Fsp3) is 1.00. The maximum absolute atomic E-state index is 6.12. The van der Waals surface area contributed by atoms with Crippen molar-refractivity contribution in [3.05, 3.63) is 0 Å². The van der Waals surface area contributed by atoms with E-state index in [1.165, 1.54) is 25.7 Å². The van der Waals surface area contributed by atoms with E-state index in [0.29, 0.717) is 12.1 Å². The molecule has 2 saturated carbocycles. The Morgan fingerprint density at radius 1 is 1.20 bits per heavy atom. The Labute approximate surface area is 93.6 Å². The Bertz CT molecular complexity index is 201. The average Bonchev–Trinajstić information content (AvgIpc) is 3.00. The van der Waals surface area contributed by atoms with Crippen LogP contribution in [0.3, 0.4) is 0 Å². The number of ether oxygens (including phenoxy) is 1. The third-order valence-electron chi connectivity index (χ3n) is 4.07. The van der Waals surface area contributed by atoms with Crippen molar-refractivity contribution >= 4 is 0 Å². The van der Waals surface area contributed by atoms with Crippen LogP contribution in [0.2, 0.25) is 0 Å². The molecular formula is C13H25NO. The number of nitrogens with two attached hydrogens (primary N) is 1. The molecule has 2 fully saturated rings. The molecule has 2 aliphatic rings. The summed E-state index contributed by atoms with van der Waals surface area (Å²) in [5.41, 5.74) is 6.12. The lowest BCUT2D eigenvalue weighted by atomic mass is 9.78. The summed E-state index contributed by atoms with van der Waals surface area (Å²) in [5.74, 6) is 2.47. The first kappa shape index (κ1) is 11.4. The smallest absolute Gasteiger partial charge is 0.0728 e. The van der Waals surface area contributed by atoms with Gasteiger partial charge in [-0.05, 0) is 49.9 Å². The molecule has 88 valence electrons. The zero-order chi connectivity index (χ0) is 10.8. The van der Waals surface area contributed by atoms with Crippen molar-refractivity contribution in [2.24, 2.45) is 23.5 Å². The van der Waals surface area contributed by atoms with Crippen LogP contribution in [-0.2, 0) is 4.74 Å². The molecule has 15 heavy (non-hydrogen) atoms. The van der Waals surface area contributed by atoms with Crippen LogP contribution in [0, 0.1) is 17.8 Å². The largest absolute Gasteiger partial charge is 0.376 e. The van der Waals surface area contributed by atoms with Gasteiger partial charge in [-0.25, -0.2) is 0 Å². The Hall–Kier alpha value is -0.0800. The molecule has 0 aliphatic heterocycles. The van der Waals surface area contributed by atoms with Crippen LogP contribution in [-0.4, -0.2) is 18.8 Å². The monoisotopic (exact) mass is 211 g/mol. The van der Waals surface area contributed by atoms with Crippen LogP contribution in [0.4, 0.5) is 0 Å². The van der Waals surface area contributed by atoms with Gasteiger partial charge in [-0.15, -0.1) is 0 Å². The van der Waals surface area contributed by atoms with E-state index >= 15 is 0 Å². The highest BCUT2D eigenvalue weighted by Crippen LogP contribution is 2.34. The van der Waals surface area contributed by atoms with Crippen LogP contribution in [0.25, 0.3) is 0 Å². The fourth-order valence-electron chi connectivity index (χ4n) is 2.52. The molecule has 3 unspecified atom stereocenters. The quantitative estimate of drug-likeness (QED) is 0.775. The van der Waals surface area contributed by atoms with Gasteiger partial charge in [0.25, 0.3) is 0 Å². The topological polar surface area (TPSA) is 35.2 Å². The minimum atomic E-state index is 0.291. The summed E-state index contributed by atoms with van der Waals surface area (Å²) in [7, 11) is 0. The second-order valence-electron chi connectivity index (χ2n) is 5.80. The summed E-state index contributed by atoms with van der Waals surface area (Å²) in [6, 6.07) is 0.291. The van der Waals surface area contributed by atoms with Crippen molar-refractivity contribution in [2.45, 2.75) is 58.1 Å². The zero-order valence-corrected chi connectivity index (χ0v) is 10.1. The molecular weight excluding hydrogens is 186 g/mol. The van der Waals surface area contributed by atoms with E-state index in [-0.39, 0.29) is 0 Å². The van der Waals surface area contributed by atoms with Crippen LogP contribution in [0.15, 0.2) is 0 Å². The summed E-state index contributed by atoms with van der Waals surface area (Å²) in [6.07, 6.45) is 6.71. The van der Waals surface area contributed by atoms with E-state index in [2.05, 4.69) is 13.8 Å². The molecule has 0 spiro atoms. The van der Waals surface area contributed by atoms with Crippen molar-refractivity contribution in [1.82, 2.24) is 0 Å². The summed E-state index contributed by atoms with van der Waals surface area (Å²) in [6.45, 7) is 5.60. The molecule has 0 heterocycles. The molecule has 2 aliphatic carbocycles. The number of hydrogen-bond donors (Lipinski definition) is 1. The second kappa shape index (κ2) is 4.84. The SMILES string of the molecule is CC(C)C1CCC(N)C(OCC2CC2)C1. The Morgan fingerprint density at radius 3 is 2.53 bits per heavy atom. The minimum Gasteiger partial charge on any atom is -0.376 e. The molecule has 2 rings (SSSR count). The van der Waals surface area contributed by atoms with Gasteiger partial charge in [0.15, 0.2) is 0 Å². The third kappa shape index (κ3) is 3.18. The van der Waals surface area contributed by atoms with Gasteiger partial charge in [0.05, 0.1) is 6.10 Å². The zero-order valence-electron chi connectivity index (χ0n) is 10.1. The molecule has 0 radical (unpaired) electrons. The predicted molar refractivity (Wildman–Crippen MR) is 62.6 cm³/mol. The van der Waals surface area contributed by atoms with Crippen molar-refractivity contribution in [3.63, 3.8) is 0 Å². The van der Waals surface area contributed by atoms with E-state index in [0.717, 1.165) is 30.8 Å². The summed E-state index contributed by atoms with van der Waals surface area (Å²) in [4.78, 5) is 0. The lowest BCUT2D eigenvalue weighted by Crippen LogP contribution is -2.43. The van der Waals surface area contributed by atoms with Crippen LogP contribution in [0.5, 0.6) is 0 Å². The molecule has 3 atom stereocenters. The molecule has 2 N–H and O–H groups in total. The van der Waals surface area contributed by atoms with Crippen molar-refractivity contribution in [3.8, 4) is 0 Å². The van der Waals surface area contributed by atoms with Gasteiger partial charge in [-0.3, -0.25) is 0 Å². The molecule has 0 aromatic heterocycles. The fourth-order valence-corrected chi connectivity index (χ4v) is 2.52. The molecule has 0 aromatic carbocycles. The van der Waals surface area contributed by atoms with Crippen LogP contribution >= 0.6 is 0 Å². The minimum absolute atomic E-state index is 0.291. The van der Waals surface area contributed by atoms with E-state index in [1.54, 1.807) is 0 Å². The first-order chi connectivity index (χ1) is 7.16. The van der Waals surface area contributed by atoms with Gasteiger partial charge in [0.2, 0.25) is 0 Å². The molecule has 0 bridgehead atoms. The predicted octanol–water partition coefficient (Wildman–Crippen LogP) is 2.57.